The first-order chi connectivity index (χ1) is 19.3. The standard InChI is InChI=1S/C28H29F6N5O2/c1-17(40)38-14-11-19(15-24(38)39-23(28(32,33)34)16-22(37-39)27(29,30)31)26(12-4-5-13-35-26)25(41)36-21-10-6-8-18-7-2-3-9-20(18)21/h2-5,7,9,12-13,16,19,21,24,35H,6,8,10-11,14-15H2,1H3,(H,36,41). The molecule has 1 fully saturated rings. The van der Waals surface area contributed by atoms with Crippen LogP contribution in [-0.4, -0.2) is 38.6 Å². The smallest absolute Gasteiger partial charge is 0.374 e. The average Bonchev–Trinajstić information content (AvgIpc) is 3.40. The van der Waals surface area contributed by atoms with Crippen molar-refractivity contribution in [1.82, 2.24) is 25.3 Å². The minimum Gasteiger partial charge on any atom is -0.374 e. The highest BCUT2D eigenvalue weighted by atomic mass is 19.4. The van der Waals surface area contributed by atoms with Crippen molar-refractivity contribution in [3.05, 3.63) is 77.3 Å². The molecule has 13 heteroatoms. The first-order valence-corrected chi connectivity index (χ1v) is 13.3. The summed E-state index contributed by atoms with van der Waals surface area (Å²) in [4.78, 5) is 27.6. The number of likely N-dealkylation sites (tertiary alicyclic amines) is 1. The van der Waals surface area contributed by atoms with Crippen molar-refractivity contribution < 1.29 is 35.9 Å². The van der Waals surface area contributed by atoms with Crippen molar-refractivity contribution in [1.29, 1.82) is 0 Å². The van der Waals surface area contributed by atoms with E-state index in [-0.39, 0.29) is 36.2 Å². The van der Waals surface area contributed by atoms with Gasteiger partial charge in [0.2, 0.25) is 11.8 Å². The minimum atomic E-state index is -5.17. The number of amides is 2. The topological polar surface area (TPSA) is 79.3 Å². The van der Waals surface area contributed by atoms with E-state index < -0.39 is 53.2 Å². The van der Waals surface area contributed by atoms with Gasteiger partial charge in [-0.3, -0.25) is 9.59 Å². The molecule has 0 radical (unpaired) electrons. The number of carbonyl (C=O) groups excluding carboxylic acids is 2. The van der Waals surface area contributed by atoms with Gasteiger partial charge in [0, 0.05) is 25.5 Å². The summed E-state index contributed by atoms with van der Waals surface area (Å²) in [7, 11) is 0. The Morgan fingerprint density at radius 1 is 1.07 bits per heavy atom. The van der Waals surface area contributed by atoms with Crippen molar-refractivity contribution in [2.75, 3.05) is 6.54 Å². The number of nitrogens with zero attached hydrogens (tertiary/aromatic N) is 3. The number of halogens is 6. The van der Waals surface area contributed by atoms with Crippen molar-refractivity contribution in [2.24, 2.45) is 5.92 Å². The Kier molecular flexibility index (Phi) is 7.41. The second-order valence-corrected chi connectivity index (χ2v) is 10.6. The second kappa shape index (κ2) is 10.6. The maximum atomic E-state index is 14.0. The summed E-state index contributed by atoms with van der Waals surface area (Å²) < 4.78 is 82.4. The Balaban J connectivity index is 1.51. The number of dihydropyridines is 1. The van der Waals surface area contributed by atoms with Gasteiger partial charge < -0.3 is 15.5 Å². The van der Waals surface area contributed by atoms with Gasteiger partial charge in [-0.15, -0.1) is 0 Å². The maximum Gasteiger partial charge on any atom is 0.435 e. The van der Waals surface area contributed by atoms with Crippen LogP contribution in [0.2, 0.25) is 0 Å². The average molecular weight is 582 g/mol. The maximum absolute atomic E-state index is 14.0. The molecule has 2 aliphatic heterocycles. The number of aryl methyl sites for hydroxylation is 1. The van der Waals surface area contributed by atoms with Crippen LogP contribution in [0.15, 0.2) is 54.8 Å². The lowest BCUT2D eigenvalue weighted by Crippen LogP contribution is -2.62. The molecule has 3 aliphatic rings. The summed E-state index contributed by atoms with van der Waals surface area (Å²) in [6, 6.07) is 7.44. The lowest BCUT2D eigenvalue weighted by Gasteiger charge is -2.47. The molecule has 2 N–H and O–H groups in total. The van der Waals surface area contributed by atoms with Gasteiger partial charge in [0.1, 0.15) is 17.4 Å². The van der Waals surface area contributed by atoms with E-state index in [1.807, 2.05) is 24.3 Å². The number of nitrogens with one attached hydrogen (secondary N) is 2. The van der Waals surface area contributed by atoms with Crippen LogP contribution in [0.25, 0.3) is 0 Å². The van der Waals surface area contributed by atoms with Crippen molar-refractivity contribution in [3.63, 3.8) is 0 Å². The first kappa shape index (κ1) is 28.7. The Labute approximate surface area is 232 Å². The fraction of sp³-hybridized carbons (Fsp3) is 0.464. The molecule has 3 heterocycles. The van der Waals surface area contributed by atoms with Crippen LogP contribution in [0, 0.1) is 5.92 Å². The Morgan fingerprint density at radius 3 is 2.49 bits per heavy atom. The van der Waals surface area contributed by atoms with E-state index in [1.54, 1.807) is 24.4 Å². The number of rotatable bonds is 4. The molecule has 2 amide bonds. The van der Waals surface area contributed by atoms with Crippen LogP contribution >= 0.6 is 0 Å². The van der Waals surface area contributed by atoms with E-state index in [4.69, 9.17) is 0 Å². The highest BCUT2D eigenvalue weighted by molar-refractivity contribution is 5.90. The van der Waals surface area contributed by atoms with E-state index in [2.05, 4.69) is 15.7 Å². The number of hydrogen-bond donors (Lipinski definition) is 2. The summed E-state index contributed by atoms with van der Waals surface area (Å²) in [5, 5.41) is 9.50. The molecule has 5 rings (SSSR count). The van der Waals surface area contributed by atoms with Gasteiger partial charge in [-0.1, -0.05) is 30.3 Å². The molecular weight excluding hydrogens is 552 g/mol. The zero-order chi connectivity index (χ0) is 29.6. The zero-order valence-corrected chi connectivity index (χ0v) is 22.1. The third-order valence-electron chi connectivity index (χ3n) is 8.16. The molecule has 0 bridgehead atoms. The van der Waals surface area contributed by atoms with Crippen LogP contribution < -0.4 is 10.6 Å². The van der Waals surface area contributed by atoms with Crippen molar-refractivity contribution >= 4 is 11.8 Å². The molecule has 1 aromatic carbocycles. The van der Waals surface area contributed by atoms with Crippen LogP contribution in [0.1, 0.15) is 67.3 Å². The van der Waals surface area contributed by atoms with E-state index >= 15 is 0 Å². The van der Waals surface area contributed by atoms with Crippen LogP contribution in [-0.2, 0) is 28.4 Å². The number of allylic oxidation sites excluding steroid dienone is 2. The van der Waals surface area contributed by atoms with Gasteiger partial charge in [0.25, 0.3) is 0 Å². The van der Waals surface area contributed by atoms with E-state index in [9.17, 15) is 35.9 Å². The van der Waals surface area contributed by atoms with Crippen LogP contribution in [0.3, 0.4) is 0 Å². The van der Waals surface area contributed by atoms with Crippen molar-refractivity contribution in [2.45, 2.75) is 69.1 Å². The molecule has 0 saturated carbocycles. The lowest BCUT2D eigenvalue weighted by molar-refractivity contribution is -0.153. The SMILES string of the molecule is CC(=O)N1CCC(C2(C(=O)NC3CCCc4ccccc43)C=CC=CN2)CC1n1nc(C(F)(F)F)cc1C(F)(F)F. The fourth-order valence-electron chi connectivity index (χ4n) is 6.19. The van der Waals surface area contributed by atoms with E-state index in [0.29, 0.717) is 6.42 Å². The van der Waals surface area contributed by atoms with Crippen LogP contribution in [0.4, 0.5) is 26.3 Å². The lowest BCUT2D eigenvalue weighted by atomic mass is 9.74. The molecule has 1 saturated heterocycles. The quantitative estimate of drug-likeness (QED) is 0.482. The molecule has 4 atom stereocenters. The van der Waals surface area contributed by atoms with Crippen molar-refractivity contribution in [3.8, 4) is 0 Å². The fourth-order valence-corrected chi connectivity index (χ4v) is 6.19. The summed E-state index contributed by atoms with van der Waals surface area (Å²) >= 11 is 0. The van der Waals surface area contributed by atoms with E-state index in [1.165, 1.54) is 0 Å². The Bertz CT molecular complexity index is 1380. The molecule has 41 heavy (non-hydrogen) atoms. The van der Waals surface area contributed by atoms with Gasteiger partial charge in [-0.05, 0) is 61.6 Å². The predicted octanol–water partition coefficient (Wildman–Crippen LogP) is 5.28. The molecule has 1 aliphatic carbocycles. The summed E-state index contributed by atoms with van der Waals surface area (Å²) in [5.74, 6) is -1.72. The number of carbonyl (C=O) groups is 2. The number of alkyl halides is 6. The first-order valence-electron chi connectivity index (χ1n) is 13.3. The second-order valence-electron chi connectivity index (χ2n) is 10.6. The van der Waals surface area contributed by atoms with Gasteiger partial charge in [0.05, 0.1) is 6.04 Å². The monoisotopic (exact) mass is 581 g/mol. The third kappa shape index (κ3) is 5.45. The van der Waals surface area contributed by atoms with Gasteiger partial charge in [-0.2, -0.15) is 31.4 Å². The van der Waals surface area contributed by atoms with Gasteiger partial charge in [-0.25, -0.2) is 4.68 Å². The number of hydrogen-bond acceptors (Lipinski definition) is 4. The normalized spacial score (nSPS) is 26.3. The summed E-state index contributed by atoms with van der Waals surface area (Å²) in [6.45, 7) is 1.06. The number of benzene rings is 1. The largest absolute Gasteiger partial charge is 0.435 e. The molecule has 4 unspecified atom stereocenters. The molecule has 1 aromatic heterocycles. The molecule has 2 aromatic rings. The molecular formula is C28H29F6N5O2. The minimum absolute atomic E-state index is 0.0492. The number of piperidine rings is 1. The molecule has 0 spiro atoms. The molecule has 7 nitrogen and oxygen atoms in total. The summed E-state index contributed by atoms with van der Waals surface area (Å²) in [5.41, 5.74) is -2.63. The number of aromatic nitrogens is 2. The van der Waals surface area contributed by atoms with Crippen LogP contribution in [0.5, 0.6) is 0 Å². The van der Waals surface area contributed by atoms with E-state index in [0.717, 1.165) is 35.8 Å². The third-order valence-corrected chi connectivity index (χ3v) is 8.16. The van der Waals surface area contributed by atoms with Gasteiger partial charge >= 0.3 is 12.4 Å². The molecule has 220 valence electrons. The zero-order valence-electron chi connectivity index (χ0n) is 22.1. The number of fused-ring (bicyclic) bond motifs is 1. The summed E-state index contributed by atoms with van der Waals surface area (Å²) in [6.07, 6.45) is -2.91. The highest BCUT2D eigenvalue weighted by Gasteiger charge is 2.50. The predicted molar refractivity (Wildman–Crippen MR) is 136 cm³/mol. The van der Waals surface area contributed by atoms with Gasteiger partial charge in [0.15, 0.2) is 5.69 Å². The Morgan fingerprint density at radius 2 is 1.83 bits per heavy atom. The Hall–Kier alpha value is -3.77. The highest BCUT2D eigenvalue weighted by Crippen LogP contribution is 2.43.